The molecule has 1 unspecified atom stereocenters. The van der Waals surface area contributed by atoms with Crippen molar-refractivity contribution < 1.29 is 9.53 Å². The number of nitrogens with zero attached hydrogens (tertiary/aromatic N) is 2. The molecule has 0 bridgehead atoms. The average Bonchev–Trinajstić information content (AvgIpc) is 3.21. The van der Waals surface area contributed by atoms with Gasteiger partial charge in [-0.3, -0.25) is 19.0 Å². The van der Waals surface area contributed by atoms with E-state index in [1.165, 1.54) is 0 Å². The van der Waals surface area contributed by atoms with Crippen molar-refractivity contribution in [3.63, 3.8) is 0 Å². The van der Waals surface area contributed by atoms with Crippen LogP contribution in [-0.4, -0.2) is 21.9 Å². The smallest absolute Gasteiger partial charge is 0.263 e. The monoisotopic (exact) mass is 447 g/mol. The lowest BCUT2D eigenvalue weighted by molar-refractivity contribution is -0.123. The summed E-state index contributed by atoms with van der Waals surface area (Å²) in [5.74, 6) is 0.366. The van der Waals surface area contributed by atoms with Crippen molar-refractivity contribution in [2.75, 3.05) is 6.61 Å². The molecule has 1 atom stereocenters. The Hall–Kier alpha value is -4.45. The van der Waals surface area contributed by atoms with Crippen LogP contribution < -0.4 is 15.6 Å². The normalized spacial score (nSPS) is 12.5. The van der Waals surface area contributed by atoms with E-state index in [2.05, 4.69) is 10.3 Å². The van der Waals surface area contributed by atoms with Crippen molar-refractivity contribution in [1.82, 2.24) is 14.7 Å². The fourth-order valence-electron chi connectivity index (χ4n) is 4.70. The topological polar surface area (TPSA) is 72.7 Å². The molecule has 6 aromatic rings. The minimum atomic E-state index is -0.200. The molecule has 0 saturated carbocycles. The standard InChI is InChI=1S/C28H21N3O3/c1-17(18-7-3-2-4-8-18)30-25(32)16-34-19-11-12-24-23(15-19)21-13-14-29-26-20-9-5-6-10-22(20)28(33)31(24)27(21)26/h2-15,17H,16H2,1H3,(H,30,32). The summed E-state index contributed by atoms with van der Waals surface area (Å²) in [5, 5.41) is 6.25. The molecule has 6 rings (SSSR count). The quantitative estimate of drug-likeness (QED) is 0.384. The largest absolute Gasteiger partial charge is 0.484 e. The highest BCUT2D eigenvalue weighted by atomic mass is 16.5. The van der Waals surface area contributed by atoms with Gasteiger partial charge in [-0.15, -0.1) is 0 Å². The summed E-state index contributed by atoms with van der Waals surface area (Å²) < 4.78 is 7.55. The van der Waals surface area contributed by atoms with Crippen LogP contribution >= 0.6 is 0 Å². The van der Waals surface area contributed by atoms with Crippen LogP contribution in [0.5, 0.6) is 5.75 Å². The highest BCUT2D eigenvalue weighted by Gasteiger charge is 2.18. The number of hydrogen-bond acceptors (Lipinski definition) is 4. The Labute approximate surface area is 194 Å². The Morgan fingerprint density at radius 1 is 0.941 bits per heavy atom. The second-order valence-corrected chi connectivity index (χ2v) is 8.41. The van der Waals surface area contributed by atoms with E-state index < -0.39 is 0 Å². The van der Waals surface area contributed by atoms with Gasteiger partial charge in [0.2, 0.25) is 0 Å². The number of aromatic nitrogens is 2. The molecule has 0 aliphatic rings. The highest BCUT2D eigenvalue weighted by molar-refractivity contribution is 6.18. The molecule has 6 heteroatoms. The van der Waals surface area contributed by atoms with Crippen molar-refractivity contribution in [2.24, 2.45) is 0 Å². The van der Waals surface area contributed by atoms with Crippen LogP contribution in [0, 0.1) is 0 Å². The lowest BCUT2D eigenvalue weighted by Crippen LogP contribution is -2.31. The fraction of sp³-hybridized carbons (Fsp3) is 0.107. The van der Waals surface area contributed by atoms with Crippen LogP contribution in [-0.2, 0) is 4.79 Å². The zero-order valence-electron chi connectivity index (χ0n) is 18.5. The summed E-state index contributed by atoms with van der Waals surface area (Å²) in [6.45, 7) is 1.84. The Morgan fingerprint density at radius 2 is 1.71 bits per heavy atom. The van der Waals surface area contributed by atoms with E-state index in [1.54, 1.807) is 16.7 Å². The number of carbonyl (C=O) groups is 1. The highest BCUT2D eigenvalue weighted by Crippen LogP contribution is 2.34. The predicted octanol–water partition coefficient (Wildman–Crippen LogP) is 4.85. The van der Waals surface area contributed by atoms with Crippen LogP contribution in [0.3, 0.4) is 0 Å². The van der Waals surface area contributed by atoms with E-state index in [4.69, 9.17) is 4.74 Å². The van der Waals surface area contributed by atoms with E-state index in [0.717, 1.165) is 38.3 Å². The van der Waals surface area contributed by atoms with Crippen LogP contribution in [0.4, 0.5) is 0 Å². The van der Waals surface area contributed by atoms with Crippen molar-refractivity contribution in [3.05, 3.63) is 101 Å². The summed E-state index contributed by atoms with van der Waals surface area (Å²) in [5.41, 5.74) is 3.34. The molecule has 6 nitrogen and oxygen atoms in total. The third-order valence-electron chi connectivity index (χ3n) is 6.31. The Bertz CT molecular complexity index is 1740. The van der Waals surface area contributed by atoms with Gasteiger partial charge >= 0.3 is 0 Å². The van der Waals surface area contributed by atoms with Gasteiger partial charge in [-0.25, -0.2) is 0 Å². The lowest BCUT2D eigenvalue weighted by atomic mass is 10.1. The van der Waals surface area contributed by atoms with Crippen molar-refractivity contribution >= 4 is 44.0 Å². The summed E-state index contributed by atoms with van der Waals surface area (Å²) in [7, 11) is 0. The molecule has 0 saturated heterocycles. The zero-order valence-corrected chi connectivity index (χ0v) is 18.5. The van der Waals surface area contributed by atoms with Crippen molar-refractivity contribution in [3.8, 4) is 5.75 Å². The first-order valence-corrected chi connectivity index (χ1v) is 11.2. The summed E-state index contributed by atoms with van der Waals surface area (Å²) >= 11 is 0. The molecule has 0 aliphatic heterocycles. The molecule has 3 aromatic heterocycles. The van der Waals surface area contributed by atoms with Gasteiger partial charge in [0, 0.05) is 27.7 Å². The van der Waals surface area contributed by atoms with Gasteiger partial charge < -0.3 is 10.1 Å². The third-order valence-corrected chi connectivity index (χ3v) is 6.31. The predicted molar refractivity (Wildman–Crippen MR) is 134 cm³/mol. The maximum atomic E-state index is 13.3. The van der Waals surface area contributed by atoms with Crippen LogP contribution in [0.2, 0.25) is 0 Å². The number of benzene rings is 3. The molecule has 3 heterocycles. The number of carbonyl (C=O) groups excluding carboxylic acids is 1. The SMILES string of the molecule is CC(NC(=O)COc1ccc2c(c1)c1ccnc3c4ccccc4c(=O)n2c13)c1ccccc1. The molecular weight excluding hydrogens is 426 g/mol. The van der Waals surface area contributed by atoms with Gasteiger partial charge in [0.25, 0.3) is 11.5 Å². The first-order chi connectivity index (χ1) is 16.6. The van der Waals surface area contributed by atoms with Crippen LogP contribution in [0.1, 0.15) is 18.5 Å². The minimum Gasteiger partial charge on any atom is -0.484 e. The molecule has 0 aliphatic carbocycles. The average molecular weight is 447 g/mol. The van der Waals surface area contributed by atoms with E-state index in [-0.39, 0.29) is 24.1 Å². The first-order valence-electron chi connectivity index (χ1n) is 11.2. The van der Waals surface area contributed by atoms with Crippen molar-refractivity contribution in [1.29, 1.82) is 0 Å². The Balaban J connectivity index is 1.35. The van der Waals surface area contributed by atoms with Gasteiger partial charge in [-0.05, 0) is 42.8 Å². The maximum absolute atomic E-state index is 13.3. The zero-order chi connectivity index (χ0) is 23.2. The van der Waals surface area contributed by atoms with Crippen LogP contribution in [0.25, 0.3) is 38.1 Å². The maximum Gasteiger partial charge on any atom is 0.263 e. The molecule has 0 fully saturated rings. The number of hydrogen-bond donors (Lipinski definition) is 1. The Kier molecular flexibility index (Phi) is 4.66. The first kappa shape index (κ1) is 20.2. The van der Waals surface area contributed by atoms with E-state index in [9.17, 15) is 9.59 Å². The molecule has 1 N–H and O–H groups in total. The molecule has 1 amide bonds. The number of rotatable bonds is 5. The van der Waals surface area contributed by atoms with Crippen molar-refractivity contribution in [2.45, 2.75) is 13.0 Å². The second kappa shape index (κ2) is 7.85. The number of amides is 1. The third kappa shape index (κ3) is 3.15. The van der Waals surface area contributed by atoms with E-state index >= 15 is 0 Å². The summed E-state index contributed by atoms with van der Waals surface area (Å²) in [6, 6.07) is 24.7. The van der Waals surface area contributed by atoms with Crippen LogP contribution in [0.15, 0.2) is 89.9 Å². The van der Waals surface area contributed by atoms with E-state index in [0.29, 0.717) is 11.1 Å². The number of nitrogens with one attached hydrogen (secondary N) is 1. The van der Waals surface area contributed by atoms with E-state index in [1.807, 2.05) is 79.7 Å². The summed E-state index contributed by atoms with van der Waals surface area (Å²) in [4.78, 5) is 30.4. The molecule has 3 aromatic carbocycles. The second-order valence-electron chi connectivity index (χ2n) is 8.41. The number of ether oxygens (including phenoxy) is 1. The molecule has 0 spiro atoms. The number of pyridine rings is 2. The van der Waals surface area contributed by atoms with Gasteiger partial charge in [-0.2, -0.15) is 0 Å². The molecular formula is C28H21N3O3. The van der Waals surface area contributed by atoms with Gasteiger partial charge in [0.1, 0.15) is 5.75 Å². The fourth-order valence-corrected chi connectivity index (χ4v) is 4.70. The molecule has 0 radical (unpaired) electrons. The molecule has 166 valence electrons. The molecule has 34 heavy (non-hydrogen) atoms. The number of fused-ring (bicyclic) bond motifs is 5. The van der Waals surface area contributed by atoms with Gasteiger partial charge in [-0.1, -0.05) is 48.5 Å². The lowest BCUT2D eigenvalue weighted by Gasteiger charge is -2.14. The minimum absolute atomic E-state index is 0.0703. The van der Waals surface area contributed by atoms with Gasteiger partial charge in [0.15, 0.2) is 6.61 Å². The van der Waals surface area contributed by atoms with Gasteiger partial charge in [0.05, 0.1) is 22.6 Å². The summed E-state index contributed by atoms with van der Waals surface area (Å²) in [6.07, 6.45) is 1.76. The Morgan fingerprint density at radius 3 is 2.53 bits per heavy atom.